The lowest BCUT2D eigenvalue weighted by atomic mass is 9.95. The first-order valence-corrected chi connectivity index (χ1v) is 10.5. The van der Waals surface area contributed by atoms with Crippen molar-refractivity contribution < 1.29 is 0 Å². The van der Waals surface area contributed by atoms with E-state index in [0.29, 0.717) is 0 Å². The minimum Gasteiger partial charge on any atom is -0.135 e. The first kappa shape index (κ1) is 14.7. The molecule has 0 amide bonds. The molecule has 2 heteroatoms. The topological polar surface area (TPSA) is 0 Å². The van der Waals surface area contributed by atoms with E-state index >= 15 is 0 Å². The van der Waals surface area contributed by atoms with E-state index in [1.807, 2.05) is 22.7 Å². The van der Waals surface area contributed by atoms with Gasteiger partial charge < -0.3 is 0 Å². The van der Waals surface area contributed by atoms with Crippen LogP contribution in [-0.4, -0.2) is 0 Å². The fourth-order valence-electron chi connectivity index (χ4n) is 4.31. The summed E-state index contributed by atoms with van der Waals surface area (Å²) in [5, 5.41) is 8.44. The van der Waals surface area contributed by atoms with Crippen LogP contribution in [0.4, 0.5) is 0 Å². The van der Waals surface area contributed by atoms with E-state index in [2.05, 4.69) is 74.5 Å². The molecule has 0 radical (unpaired) electrons. The third-order valence-corrected chi connectivity index (χ3v) is 8.07. The highest BCUT2D eigenvalue weighted by molar-refractivity contribution is 7.26. The van der Waals surface area contributed by atoms with Gasteiger partial charge in [0.05, 0.1) is 0 Å². The van der Waals surface area contributed by atoms with Gasteiger partial charge in [-0.15, -0.1) is 22.7 Å². The van der Waals surface area contributed by atoms with Crippen LogP contribution in [0.15, 0.2) is 60.7 Å². The maximum absolute atomic E-state index is 2.41. The largest absolute Gasteiger partial charge is 0.135 e. The Kier molecular flexibility index (Phi) is 2.87. The number of hydrogen-bond donors (Lipinski definition) is 0. The Morgan fingerprint density at radius 1 is 0.538 bits per heavy atom. The van der Waals surface area contributed by atoms with Gasteiger partial charge >= 0.3 is 0 Å². The summed E-state index contributed by atoms with van der Waals surface area (Å²) in [4.78, 5) is 0. The zero-order chi connectivity index (χ0) is 17.4. The maximum Gasteiger partial charge on any atom is 0.0391 e. The molecule has 26 heavy (non-hydrogen) atoms. The second-order valence-corrected chi connectivity index (χ2v) is 9.19. The lowest BCUT2D eigenvalue weighted by Crippen LogP contribution is -1.83. The summed E-state index contributed by atoms with van der Waals surface area (Å²) in [6.45, 7) is 4.52. The zero-order valence-corrected chi connectivity index (χ0v) is 16.2. The SMILES string of the molecule is Cc1cc2c(cc(C)c3sc4ccccc4c32)c2c1sc1ccccc12. The summed E-state index contributed by atoms with van der Waals surface area (Å²) in [6.07, 6.45) is 0. The first-order chi connectivity index (χ1) is 12.7. The van der Waals surface area contributed by atoms with Crippen molar-refractivity contribution in [3.8, 4) is 0 Å². The van der Waals surface area contributed by atoms with E-state index in [1.165, 1.54) is 62.2 Å². The molecule has 0 unspecified atom stereocenters. The van der Waals surface area contributed by atoms with Crippen molar-refractivity contribution in [1.29, 1.82) is 0 Å². The van der Waals surface area contributed by atoms with Crippen molar-refractivity contribution in [3.05, 3.63) is 71.8 Å². The predicted octanol–water partition coefficient (Wildman–Crippen LogP) is 8.19. The van der Waals surface area contributed by atoms with Crippen LogP contribution < -0.4 is 0 Å². The van der Waals surface area contributed by atoms with Gasteiger partial charge in [0.2, 0.25) is 0 Å². The minimum atomic E-state index is 1.38. The van der Waals surface area contributed by atoms with Gasteiger partial charge in [0.15, 0.2) is 0 Å². The molecule has 0 atom stereocenters. The van der Waals surface area contributed by atoms with Crippen LogP contribution >= 0.6 is 22.7 Å². The third kappa shape index (κ3) is 1.78. The molecular formula is C24H16S2. The van der Waals surface area contributed by atoms with E-state index < -0.39 is 0 Å². The van der Waals surface area contributed by atoms with Gasteiger partial charge in [-0.1, -0.05) is 36.4 Å². The van der Waals surface area contributed by atoms with Crippen molar-refractivity contribution in [1.82, 2.24) is 0 Å². The predicted molar refractivity (Wildman–Crippen MR) is 119 cm³/mol. The molecule has 6 aromatic rings. The van der Waals surface area contributed by atoms with E-state index in [0.717, 1.165) is 0 Å². The standard InChI is InChI=1S/C24H16S2/c1-13-11-17-18(21-15-7-3-5-9-19(15)25-23(13)21)12-14(2)24-22(17)16-8-4-6-10-20(16)26-24/h3-12H,1-2H3. The van der Waals surface area contributed by atoms with Crippen LogP contribution in [0.5, 0.6) is 0 Å². The van der Waals surface area contributed by atoms with Gasteiger partial charge in [0.1, 0.15) is 0 Å². The highest BCUT2D eigenvalue weighted by Crippen LogP contribution is 2.46. The van der Waals surface area contributed by atoms with Crippen molar-refractivity contribution in [2.45, 2.75) is 13.8 Å². The number of hydrogen-bond acceptors (Lipinski definition) is 2. The van der Waals surface area contributed by atoms with Gasteiger partial charge in [-0.3, -0.25) is 0 Å². The van der Waals surface area contributed by atoms with Crippen LogP contribution in [0.25, 0.3) is 51.1 Å². The monoisotopic (exact) mass is 368 g/mol. The minimum absolute atomic E-state index is 1.38. The van der Waals surface area contributed by atoms with Gasteiger partial charge in [0, 0.05) is 40.3 Å². The lowest BCUT2D eigenvalue weighted by Gasteiger charge is -2.08. The molecule has 2 heterocycles. The molecular weight excluding hydrogens is 352 g/mol. The summed E-state index contributed by atoms with van der Waals surface area (Å²) >= 11 is 3.85. The van der Waals surface area contributed by atoms with E-state index in [4.69, 9.17) is 0 Å². The third-order valence-electron chi connectivity index (χ3n) is 5.46. The molecule has 0 bridgehead atoms. The fourth-order valence-corrected chi connectivity index (χ4v) is 6.69. The Labute approximate surface area is 159 Å². The Balaban J connectivity index is 1.99. The highest BCUT2D eigenvalue weighted by atomic mass is 32.1. The first-order valence-electron chi connectivity index (χ1n) is 8.88. The number of benzene rings is 4. The molecule has 0 spiro atoms. The van der Waals surface area contributed by atoms with Crippen LogP contribution in [0.1, 0.15) is 11.1 Å². The second kappa shape index (κ2) is 5.06. The molecule has 0 N–H and O–H groups in total. The lowest BCUT2D eigenvalue weighted by molar-refractivity contribution is 1.57. The van der Waals surface area contributed by atoms with E-state index in [-0.39, 0.29) is 0 Å². The molecule has 0 aliphatic rings. The summed E-state index contributed by atoms with van der Waals surface area (Å²) < 4.78 is 5.62. The Morgan fingerprint density at radius 3 is 1.42 bits per heavy atom. The van der Waals surface area contributed by atoms with Gasteiger partial charge in [-0.05, 0) is 60.0 Å². The normalized spacial score (nSPS) is 12.2. The van der Waals surface area contributed by atoms with Crippen LogP contribution in [0.3, 0.4) is 0 Å². The van der Waals surface area contributed by atoms with Gasteiger partial charge in [0.25, 0.3) is 0 Å². The number of thiophene rings is 2. The Bertz CT molecular complexity index is 1380. The molecule has 0 saturated carbocycles. The van der Waals surface area contributed by atoms with Crippen molar-refractivity contribution >= 4 is 73.8 Å². The zero-order valence-electron chi connectivity index (χ0n) is 14.6. The quantitative estimate of drug-likeness (QED) is 0.253. The van der Waals surface area contributed by atoms with Crippen LogP contribution in [-0.2, 0) is 0 Å². The van der Waals surface area contributed by atoms with Gasteiger partial charge in [-0.25, -0.2) is 0 Å². The average molecular weight is 369 g/mol. The van der Waals surface area contributed by atoms with Crippen LogP contribution in [0, 0.1) is 13.8 Å². The summed E-state index contributed by atoms with van der Waals surface area (Å²) in [5.41, 5.74) is 2.77. The average Bonchev–Trinajstić information content (AvgIpc) is 3.23. The smallest absolute Gasteiger partial charge is 0.0391 e. The molecule has 0 aliphatic heterocycles. The molecule has 6 rings (SSSR count). The molecule has 4 aromatic carbocycles. The summed E-state index contributed by atoms with van der Waals surface area (Å²) in [5.74, 6) is 0. The molecule has 2 aromatic heterocycles. The van der Waals surface area contributed by atoms with E-state index in [1.54, 1.807) is 0 Å². The Hall–Kier alpha value is -2.42. The van der Waals surface area contributed by atoms with Crippen LogP contribution in [0.2, 0.25) is 0 Å². The summed E-state index contributed by atoms with van der Waals surface area (Å²) in [7, 11) is 0. The van der Waals surface area contributed by atoms with Crippen molar-refractivity contribution in [2.75, 3.05) is 0 Å². The molecule has 124 valence electrons. The van der Waals surface area contributed by atoms with Gasteiger partial charge in [-0.2, -0.15) is 0 Å². The maximum atomic E-state index is 2.41. The van der Waals surface area contributed by atoms with Crippen molar-refractivity contribution in [3.63, 3.8) is 0 Å². The number of aryl methyl sites for hydroxylation is 2. The number of rotatable bonds is 0. The Morgan fingerprint density at radius 2 is 0.962 bits per heavy atom. The molecule has 0 nitrogen and oxygen atoms in total. The molecule has 0 aliphatic carbocycles. The fraction of sp³-hybridized carbons (Fsp3) is 0.0833. The summed E-state index contributed by atoms with van der Waals surface area (Å²) in [6, 6.07) is 22.5. The second-order valence-electron chi connectivity index (χ2n) is 7.09. The van der Waals surface area contributed by atoms with E-state index in [9.17, 15) is 0 Å². The molecule has 0 fully saturated rings. The number of fused-ring (bicyclic) bond motifs is 9. The highest BCUT2D eigenvalue weighted by Gasteiger charge is 2.16. The van der Waals surface area contributed by atoms with Crippen molar-refractivity contribution in [2.24, 2.45) is 0 Å². The molecule has 0 saturated heterocycles.